The summed E-state index contributed by atoms with van der Waals surface area (Å²) in [6, 6.07) is 0. The summed E-state index contributed by atoms with van der Waals surface area (Å²) in [5.41, 5.74) is 0.00347. The first kappa shape index (κ1) is 12.0. The van der Waals surface area contributed by atoms with E-state index < -0.39 is 0 Å². The number of fused-ring (bicyclic) bond motifs is 1. The molecule has 0 amide bonds. The van der Waals surface area contributed by atoms with Gasteiger partial charge in [0.05, 0.1) is 17.3 Å². The summed E-state index contributed by atoms with van der Waals surface area (Å²) in [5.74, 6) is 1.37. The normalized spacial score (nSPS) is 57.5. The highest BCUT2D eigenvalue weighted by atomic mass is 16.5. The van der Waals surface area contributed by atoms with E-state index in [0.717, 1.165) is 19.3 Å². The van der Waals surface area contributed by atoms with Gasteiger partial charge in [0, 0.05) is 0 Å². The maximum atomic E-state index is 10.4. The number of aliphatic hydroxyl groups excluding tert-OH is 1. The molecule has 0 aromatic rings. The van der Waals surface area contributed by atoms with Crippen molar-refractivity contribution in [3.8, 4) is 0 Å². The minimum Gasteiger partial charge on any atom is -0.390 e. The van der Waals surface area contributed by atoms with Crippen molar-refractivity contribution in [1.29, 1.82) is 0 Å². The van der Waals surface area contributed by atoms with E-state index in [-0.39, 0.29) is 22.7 Å². The lowest BCUT2D eigenvalue weighted by atomic mass is 9.66. The van der Waals surface area contributed by atoms with Gasteiger partial charge in [-0.25, -0.2) is 0 Å². The third-order valence-corrected chi connectivity index (χ3v) is 6.19. The molecule has 0 aromatic heterocycles. The van der Waals surface area contributed by atoms with E-state index in [1.165, 1.54) is 12.8 Å². The molecule has 3 aliphatic rings. The molecule has 0 aromatic carbocycles. The maximum absolute atomic E-state index is 10.4. The Morgan fingerprint density at radius 2 is 1.88 bits per heavy atom. The highest BCUT2D eigenvalue weighted by Gasteiger charge is 2.69. The van der Waals surface area contributed by atoms with Crippen LogP contribution in [-0.2, 0) is 4.74 Å². The largest absolute Gasteiger partial charge is 0.390 e. The van der Waals surface area contributed by atoms with Crippen LogP contribution in [0, 0.1) is 17.3 Å². The Balaban J connectivity index is 2.03. The smallest absolute Gasteiger partial charge is 0.0921 e. The summed E-state index contributed by atoms with van der Waals surface area (Å²) in [5, 5.41) is 10.4. The molecule has 2 aliphatic heterocycles. The fraction of sp³-hybridized carbons (Fsp3) is 1.00. The molecular weight excluding hydrogens is 212 g/mol. The van der Waals surface area contributed by atoms with Gasteiger partial charge in [0.1, 0.15) is 0 Å². The van der Waals surface area contributed by atoms with Crippen molar-refractivity contribution >= 4 is 0 Å². The lowest BCUT2D eigenvalue weighted by Crippen LogP contribution is -2.58. The average molecular weight is 238 g/mol. The fourth-order valence-corrected chi connectivity index (χ4v) is 5.03. The van der Waals surface area contributed by atoms with Crippen LogP contribution in [-0.4, -0.2) is 22.4 Å². The van der Waals surface area contributed by atoms with Gasteiger partial charge in [-0.15, -0.1) is 0 Å². The zero-order valence-corrected chi connectivity index (χ0v) is 11.6. The number of rotatable bonds is 1. The van der Waals surface area contributed by atoms with Crippen molar-refractivity contribution in [2.45, 2.75) is 77.1 Å². The standard InChI is InChI=1S/C15H26O2/c1-10(2)11-5-6-13(3)9-12(16)14(4)7-8-15(11,13)17-14/h10-12,16H,5-9H2,1-4H3/t11-,12-,13+,14-,15-/m0/s1. The first-order valence-corrected chi connectivity index (χ1v) is 7.21. The summed E-state index contributed by atoms with van der Waals surface area (Å²) in [4.78, 5) is 0. The highest BCUT2D eigenvalue weighted by molar-refractivity contribution is 5.18. The lowest BCUT2D eigenvalue weighted by Gasteiger charge is -2.52. The zero-order chi connectivity index (χ0) is 12.5. The predicted octanol–water partition coefficient (Wildman–Crippen LogP) is 3.13. The Morgan fingerprint density at radius 1 is 1.18 bits per heavy atom. The quantitative estimate of drug-likeness (QED) is 0.760. The van der Waals surface area contributed by atoms with Gasteiger partial charge >= 0.3 is 0 Å². The number of aliphatic hydroxyl groups is 1. The summed E-state index contributed by atoms with van der Waals surface area (Å²) < 4.78 is 6.54. The third kappa shape index (κ3) is 1.29. The summed E-state index contributed by atoms with van der Waals surface area (Å²) in [6.45, 7) is 9.12. The second-order valence-corrected chi connectivity index (χ2v) is 7.47. The zero-order valence-electron chi connectivity index (χ0n) is 11.6. The van der Waals surface area contributed by atoms with Gasteiger partial charge in [0.15, 0.2) is 0 Å². The number of ether oxygens (including phenoxy) is 1. The molecule has 2 heteroatoms. The first-order valence-electron chi connectivity index (χ1n) is 7.21. The molecule has 2 bridgehead atoms. The van der Waals surface area contributed by atoms with Crippen LogP contribution in [0.15, 0.2) is 0 Å². The topological polar surface area (TPSA) is 29.5 Å². The molecule has 2 heterocycles. The Labute approximate surface area is 105 Å². The monoisotopic (exact) mass is 238 g/mol. The maximum Gasteiger partial charge on any atom is 0.0921 e. The molecule has 2 nitrogen and oxygen atoms in total. The molecule has 1 aliphatic carbocycles. The van der Waals surface area contributed by atoms with Crippen molar-refractivity contribution in [3.05, 3.63) is 0 Å². The third-order valence-electron chi connectivity index (χ3n) is 6.19. The van der Waals surface area contributed by atoms with Crippen LogP contribution in [0.25, 0.3) is 0 Å². The Bertz CT molecular complexity index is 340. The van der Waals surface area contributed by atoms with Crippen LogP contribution >= 0.6 is 0 Å². The lowest BCUT2D eigenvalue weighted by molar-refractivity contribution is -0.246. The van der Waals surface area contributed by atoms with Gasteiger partial charge in [-0.05, 0) is 56.3 Å². The van der Waals surface area contributed by atoms with Gasteiger partial charge in [0.2, 0.25) is 0 Å². The molecule has 3 fully saturated rings. The molecule has 98 valence electrons. The first-order chi connectivity index (χ1) is 7.83. The predicted molar refractivity (Wildman–Crippen MR) is 67.7 cm³/mol. The van der Waals surface area contributed by atoms with Crippen LogP contribution in [0.2, 0.25) is 0 Å². The molecule has 0 radical (unpaired) electrons. The minimum atomic E-state index is -0.269. The SMILES string of the molecule is CC(C)[C@@H]1CC[C@]2(C)C[C@H](O)[C@]3(C)CC[C@]12O3. The van der Waals surface area contributed by atoms with Crippen molar-refractivity contribution in [2.24, 2.45) is 17.3 Å². The molecule has 3 rings (SSSR count). The molecule has 1 saturated carbocycles. The Morgan fingerprint density at radius 3 is 2.53 bits per heavy atom. The van der Waals surface area contributed by atoms with Gasteiger partial charge in [-0.3, -0.25) is 0 Å². The molecule has 5 atom stereocenters. The molecule has 1 N–H and O–H groups in total. The molecule has 1 spiro atoms. The van der Waals surface area contributed by atoms with E-state index in [0.29, 0.717) is 11.8 Å². The van der Waals surface area contributed by atoms with Crippen LogP contribution in [0.1, 0.15) is 59.8 Å². The highest BCUT2D eigenvalue weighted by Crippen LogP contribution is 2.67. The second kappa shape index (κ2) is 3.27. The minimum absolute atomic E-state index is 0.0646. The number of hydrogen-bond donors (Lipinski definition) is 1. The van der Waals surface area contributed by atoms with Crippen LogP contribution < -0.4 is 0 Å². The summed E-state index contributed by atoms with van der Waals surface area (Å²) >= 11 is 0. The van der Waals surface area contributed by atoms with E-state index in [1.54, 1.807) is 0 Å². The van der Waals surface area contributed by atoms with Crippen molar-refractivity contribution in [3.63, 3.8) is 0 Å². The van der Waals surface area contributed by atoms with E-state index in [1.807, 2.05) is 0 Å². The van der Waals surface area contributed by atoms with Gasteiger partial charge in [-0.2, -0.15) is 0 Å². The van der Waals surface area contributed by atoms with Crippen molar-refractivity contribution in [2.75, 3.05) is 0 Å². The number of hydrogen-bond acceptors (Lipinski definition) is 2. The van der Waals surface area contributed by atoms with Gasteiger partial charge < -0.3 is 9.84 Å². The van der Waals surface area contributed by atoms with Gasteiger partial charge in [0.25, 0.3) is 0 Å². The fourth-order valence-electron chi connectivity index (χ4n) is 5.03. The Hall–Kier alpha value is -0.0800. The van der Waals surface area contributed by atoms with Crippen LogP contribution in [0.4, 0.5) is 0 Å². The molecule has 2 saturated heterocycles. The molecule has 17 heavy (non-hydrogen) atoms. The van der Waals surface area contributed by atoms with Crippen LogP contribution in [0.3, 0.4) is 0 Å². The molecular formula is C15H26O2. The van der Waals surface area contributed by atoms with E-state index >= 15 is 0 Å². The van der Waals surface area contributed by atoms with E-state index in [9.17, 15) is 5.11 Å². The summed E-state index contributed by atoms with van der Waals surface area (Å²) in [7, 11) is 0. The average Bonchev–Trinajstić information content (AvgIpc) is 2.68. The molecule has 0 unspecified atom stereocenters. The Kier molecular flexibility index (Phi) is 2.30. The van der Waals surface area contributed by atoms with E-state index in [4.69, 9.17) is 4.74 Å². The van der Waals surface area contributed by atoms with Crippen molar-refractivity contribution in [1.82, 2.24) is 0 Å². The second-order valence-electron chi connectivity index (χ2n) is 7.47. The van der Waals surface area contributed by atoms with Crippen molar-refractivity contribution < 1.29 is 9.84 Å². The van der Waals surface area contributed by atoms with E-state index in [2.05, 4.69) is 27.7 Å². The summed E-state index contributed by atoms with van der Waals surface area (Å²) in [6.07, 6.45) is 5.36. The van der Waals surface area contributed by atoms with Crippen LogP contribution in [0.5, 0.6) is 0 Å². The van der Waals surface area contributed by atoms with Gasteiger partial charge in [-0.1, -0.05) is 20.8 Å².